The summed E-state index contributed by atoms with van der Waals surface area (Å²) in [5.74, 6) is -5.12. The molecule has 1 aromatic heterocycles. The molecule has 0 aliphatic carbocycles. The number of nitrogens with zero attached hydrogens (tertiary/aromatic N) is 4. The average Bonchev–Trinajstić information content (AvgIpc) is 3.46. The molecule has 43 heavy (non-hydrogen) atoms. The fourth-order valence-corrected chi connectivity index (χ4v) is 6.71. The lowest BCUT2D eigenvalue weighted by Crippen LogP contribution is -2.70. The van der Waals surface area contributed by atoms with Crippen molar-refractivity contribution in [3.8, 4) is 0 Å². The summed E-state index contributed by atoms with van der Waals surface area (Å²) in [6.07, 6.45) is 5.14. The highest BCUT2D eigenvalue weighted by Gasteiger charge is 2.74. The van der Waals surface area contributed by atoms with Gasteiger partial charge in [-0.15, -0.1) is 0 Å². The van der Waals surface area contributed by atoms with Crippen molar-refractivity contribution < 1.29 is 28.7 Å². The van der Waals surface area contributed by atoms with Crippen molar-refractivity contribution in [3.05, 3.63) is 108 Å². The number of benzene rings is 2. The molecule has 4 heterocycles. The molecule has 3 aromatic rings. The van der Waals surface area contributed by atoms with E-state index in [2.05, 4.69) is 4.98 Å². The number of amides is 4. The quantitative estimate of drug-likeness (QED) is 0.297. The minimum atomic E-state index is -1.71. The molecule has 3 fully saturated rings. The van der Waals surface area contributed by atoms with E-state index in [-0.39, 0.29) is 25.4 Å². The Bertz CT molecular complexity index is 1600. The Labute approximate surface area is 248 Å². The van der Waals surface area contributed by atoms with Crippen LogP contribution in [0.4, 0.5) is 0 Å². The summed E-state index contributed by atoms with van der Waals surface area (Å²) in [6, 6.07) is 22.9. The summed E-state index contributed by atoms with van der Waals surface area (Å²) in [5.41, 5.74) is 0.435. The largest absolute Gasteiger partial charge is 0.468 e. The van der Waals surface area contributed by atoms with Crippen molar-refractivity contribution in [3.63, 3.8) is 0 Å². The van der Waals surface area contributed by atoms with Gasteiger partial charge in [0.2, 0.25) is 17.7 Å². The summed E-state index contributed by atoms with van der Waals surface area (Å²) >= 11 is 0. The zero-order valence-corrected chi connectivity index (χ0v) is 23.5. The van der Waals surface area contributed by atoms with Gasteiger partial charge in [0.25, 0.3) is 5.91 Å². The van der Waals surface area contributed by atoms with Crippen LogP contribution < -0.4 is 0 Å². The maximum Gasteiger partial charge on any atom is 0.325 e. The Hall–Kier alpha value is -5.12. The van der Waals surface area contributed by atoms with Crippen LogP contribution in [-0.4, -0.2) is 81.1 Å². The number of pyridine rings is 1. The Balaban J connectivity index is 1.51. The van der Waals surface area contributed by atoms with E-state index >= 15 is 0 Å². The monoisotopic (exact) mass is 578 g/mol. The first-order valence-electron chi connectivity index (χ1n) is 14.1. The number of esters is 1. The van der Waals surface area contributed by atoms with Crippen LogP contribution in [0.15, 0.2) is 91.1 Å². The summed E-state index contributed by atoms with van der Waals surface area (Å²) in [4.78, 5) is 77.5. The molecular formula is C33H30N4O6. The first-order valence-corrected chi connectivity index (χ1v) is 14.1. The SMILES string of the molecule is COC(=O)CN1C(=O)[C@H]2[C@@H](/C=C/c3ccccc3)N3C(=O)CN(Cc4ccccn4)C(=O)[C@@]3(Cc3ccccc3)[C@H]2C1=O. The average molecular weight is 579 g/mol. The van der Waals surface area contributed by atoms with E-state index in [0.717, 1.165) is 16.0 Å². The summed E-state index contributed by atoms with van der Waals surface area (Å²) in [5, 5.41) is 0. The van der Waals surface area contributed by atoms with Crippen LogP contribution in [0.3, 0.4) is 0 Å². The first kappa shape index (κ1) is 28.0. The molecule has 3 aliphatic rings. The van der Waals surface area contributed by atoms with Crippen LogP contribution in [0, 0.1) is 11.8 Å². The van der Waals surface area contributed by atoms with Gasteiger partial charge in [-0.3, -0.25) is 33.9 Å². The normalized spacial score (nSPS) is 25.0. The smallest absolute Gasteiger partial charge is 0.325 e. The molecule has 10 nitrogen and oxygen atoms in total. The van der Waals surface area contributed by atoms with E-state index in [4.69, 9.17) is 4.74 Å². The van der Waals surface area contributed by atoms with Gasteiger partial charge in [0.1, 0.15) is 18.6 Å². The number of hydrogen-bond acceptors (Lipinski definition) is 7. The van der Waals surface area contributed by atoms with Crippen LogP contribution in [-0.2, 0) is 41.7 Å². The van der Waals surface area contributed by atoms with Gasteiger partial charge < -0.3 is 14.5 Å². The topological polar surface area (TPSA) is 117 Å². The molecular weight excluding hydrogens is 548 g/mol. The first-order chi connectivity index (χ1) is 20.8. The number of imide groups is 1. The second-order valence-electron chi connectivity index (χ2n) is 10.9. The number of ether oxygens (including phenoxy) is 1. The second kappa shape index (κ2) is 11.3. The predicted octanol–water partition coefficient (Wildman–Crippen LogP) is 2.10. The highest BCUT2D eigenvalue weighted by atomic mass is 16.5. The highest BCUT2D eigenvalue weighted by molar-refractivity contribution is 6.14. The predicted molar refractivity (Wildman–Crippen MR) is 154 cm³/mol. The van der Waals surface area contributed by atoms with Gasteiger partial charge in [0.05, 0.1) is 37.2 Å². The summed E-state index contributed by atoms with van der Waals surface area (Å²) in [7, 11) is 1.18. The number of carbonyl (C=O) groups excluding carboxylic acids is 5. The fraction of sp³-hybridized carbons (Fsp3) is 0.273. The molecule has 0 unspecified atom stereocenters. The van der Waals surface area contributed by atoms with Crippen molar-refractivity contribution in [2.75, 3.05) is 20.2 Å². The van der Waals surface area contributed by atoms with Gasteiger partial charge in [0, 0.05) is 12.6 Å². The zero-order valence-electron chi connectivity index (χ0n) is 23.5. The lowest BCUT2D eigenvalue weighted by Gasteiger charge is -2.48. The van der Waals surface area contributed by atoms with E-state index < -0.39 is 53.7 Å². The Morgan fingerprint density at radius 1 is 0.953 bits per heavy atom. The molecule has 2 aromatic carbocycles. The number of aromatic nitrogens is 1. The van der Waals surface area contributed by atoms with Crippen LogP contribution in [0.2, 0.25) is 0 Å². The molecule has 0 N–H and O–H groups in total. The molecule has 0 radical (unpaired) electrons. The van der Waals surface area contributed by atoms with Gasteiger partial charge in [-0.1, -0.05) is 78.9 Å². The number of hydrogen-bond donors (Lipinski definition) is 0. The zero-order chi connectivity index (χ0) is 30.1. The number of carbonyl (C=O) groups is 5. The minimum Gasteiger partial charge on any atom is -0.468 e. The molecule has 4 atom stereocenters. The van der Waals surface area contributed by atoms with Crippen LogP contribution in [0.5, 0.6) is 0 Å². The lowest BCUT2D eigenvalue weighted by molar-refractivity contribution is -0.169. The number of fused-ring (bicyclic) bond motifs is 3. The van der Waals surface area contributed by atoms with Gasteiger partial charge >= 0.3 is 5.97 Å². The van der Waals surface area contributed by atoms with Crippen LogP contribution in [0.25, 0.3) is 6.08 Å². The Kier molecular flexibility index (Phi) is 7.35. The molecule has 218 valence electrons. The van der Waals surface area contributed by atoms with E-state index in [9.17, 15) is 24.0 Å². The second-order valence-corrected chi connectivity index (χ2v) is 10.9. The maximum absolute atomic E-state index is 14.8. The maximum atomic E-state index is 14.8. The molecule has 0 spiro atoms. The van der Waals surface area contributed by atoms with Crippen LogP contribution >= 0.6 is 0 Å². The molecule has 6 rings (SSSR count). The number of rotatable bonds is 8. The summed E-state index contributed by atoms with van der Waals surface area (Å²) in [6.45, 7) is -0.738. The fourth-order valence-electron chi connectivity index (χ4n) is 6.71. The van der Waals surface area contributed by atoms with E-state index in [0.29, 0.717) is 5.69 Å². The van der Waals surface area contributed by atoms with Crippen molar-refractivity contribution >= 4 is 35.7 Å². The molecule has 3 aliphatic heterocycles. The van der Waals surface area contributed by atoms with Gasteiger partial charge in [-0.25, -0.2) is 0 Å². The van der Waals surface area contributed by atoms with Gasteiger partial charge in [-0.2, -0.15) is 0 Å². The van der Waals surface area contributed by atoms with Crippen molar-refractivity contribution in [2.24, 2.45) is 11.8 Å². The van der Waals surface area contributed by atoms with Crippen LogP contribution in [0.1, 0.15) is 16.8 Å². The van der Waals surface area contributed by atoms with E-state index in [1.165, 1.54) is 16.9 Å². The Morgan fingerprint density at radius 2 is 1.65 bits per heavy atom. The number of methoxy groups -OCH3 is 1. The van der Waals surface area contributed by atoms with Crippen molar-refractivity contribution in [1.29, 1.82) is 0 Å². The number of likely N-dealkylation sites (tertiary alicyclic amines) is 1. The molecule has 0 bridgehead atoms. The van der Waals surface area contributed by atoms with Crippen molar-refractivity contribution in [2.45, 2.75) is 24.5 Å². The molecule has 4 amide bonds. The third-order valence-corrected chi connectivity index (χ3v) is 8.50. The highest BCUT2D eigenvalue weighted by Crippen LogP contribution is 2.53. The Morgan fingerprint density at radius 3 is 2.33 bits per heavy atom. The van der Waals surface area contributed by atoms with E-state index in [1.54, 1.807) is 36.5 Å². The standard InChI is InChI=1S/C33H30N4O6/c1-43-27(39)21-36-30(40)28-25(16-15-22-10-4-2-5-11-22)37-26(38)20-35(19-24-14-8-9-17-34-24)32(42)33(37,29(28)31(36)41)18-23-12-6-3-7-13-23/h2-17,25,28-29H,18-21H2,1H3/b16-15+/t25-,28+,29-,33-/m1/s1. The summed E-state index contributed by atoms with van der Waals surface area (Å²) < 4.78 is 4.77. The molecule has 10 heteroatoms. The molecule has 0 saturated carbocycles. The van der Waals surface area contributed by atoms with E-state index in [1.807, 2.05) is 60.7 Å². The third kappa shape index (κ3) is 4.78. The van der Waals surface area contributed by atoms with Gasteiger partial charge in [0.15, 0.2) is 0 Å². The lowest BCUT2D eigenvalue weighted by atomic mass is 9.74. The third-order valence-electron chi connectivity index (χ3n) is 8.50. The number of piperazine rings is 1. The minimum absolute atomic E-state index is 0.0130. The van der Waals surface area contributed by atoms with Gasteiger partial charge in [-0.05, 0) is 23.3 Å². The molecule has 3 saturated heterocycles. The van der Waals surface area contributed by atoms with Crippen molar-refractivity contribution in [1.82, 2.24) is 19.7 Å².